The first-order valence-electron chi connectivity index (χ1n) is 6.28. The summed E-state index contributed by atoms with van der Waals surface area (Å²) < 4.78 is 22.7. The van der Waals surface area contributed by atoms with E-state index in [2.05, 4.69) is 15.0 Å². The SMILES string of the molecule is Nc1ncnc2c1ncn2[C@H]1C[C@H](O)[C@@H](OCP(=O)(O)O)O1.[NaH].[NaH]. The second kappa shape index (κ2) is 8.85. The Morgan fingerprint density at radius 2 is 2.08 bits per heavy atom. The molecule has 3 rings (SSSR count). The van der Waals surface area contributed by atoms with Crippen LogP contribution in [0.15, 0.2) is 12.7 Å². The van der Waals surface area contributed by atoms with E-state index in [4.69, 9.17) is 25.0 Å². The zero-order valence-electron chi connectivity index (χ0n) is 11.2. The van der Waals surface area contributed by atoms with Crippen LogP contribution in [0, 0.1) is 0 Å². The molecule has 124 valence electrons. The quantitative estimate of drug-likeness (QED) is 0.340. The standard InChI is InChI=1S/C10H14N5O6P.2Na.2H/c11-8-7-9(13-2-12-8)15(3-14-7)6-1-5(16)10(21-6)20-4-22(17,18)19;;;;/h2-3,5-6,10,16H,1,4H2,(H2,11,12,13)(H2,17,18,19);;;;/t5-,6+,10-;;;;/m0..../s1. The van der Waals surface area contributed by atoms with Crippen LogP contribution in [0.4, 0.5) is 5.82 Å². The number of nitrogens with zero attached hydrogens (tertiary/aromatic N) is 4. The number of hydrogen-bond acceptors (Lipinski definition) is 8. The summed E-state index contributed by atoms with van der Waals surface area (Å²) in [5.41, 5.74) is 6.52. The molecule has 14 heteroatoms. The molecule has 0 radical (unpaired) electrons. The minimum atomic E-state index is -4.34. The second-order valence-electron chi connectivity index (χ2n) is 4.81. The molecule has 5 N–H and O–H groups in total. The van der Waals surface area contributed by atoms with E-state index in [9.17, 15) is 9.67 Å². The molecule has 0 unspecified atom stereocenters. The fourth-order valence-electron chi connectivity index (χ4n) is 2.20. The number of aliphatic hydroxyl groups is 1. The van der Waals surface area contributed by atoms with E-state index in [1.54, 1.807) is 4.57 Å². The number of hydrogen-bond donors (Lipinski definition) is 4. The third kappa shape index (κ3) is 4.97. The summed E-state index contributed by atoms with van der Waals surface area (Å²) in [6.07, 6.45) is -0.775. The minimum absolute atomic E-state index is 0. The number of nitrogens with two attached hydrogens (primary N) is 1. The maximum atomic E-state index is 10.8. The van der Waals surface area contributed by atoms with Crippen molar-refractivity contribution in [1.82, 2.24) is 19.5 Å². The van der Waals surface area contributed by atoms with E-state index in [0.717, 1.165) is 0 Å². The fourth-order valence-corrected chi connectivity index (χ4v) is 2.54. The van der Waals surface area contributed by atoms with Crippen LogP contribution in [-0.4, -0.2) is 112 Å². The summed E-state index contributed by atoms with van der Waals surface area (Å²) >= 11 is 0. The third-order valence-corrected chi connectivity index (χ3v) is 3.64. The number of aliphatic hydroxyl groups excluding tert-OH is 1. The van der Waals surface area contributed by atoms with Gasteiger partial charge in [0.15, 0.2) is 24.1 Å². The number of fused-ring (bicyclic) bond motifs is 1. The summed E-state index contributed by atoms with van der Waals surface area (Å²) in [7, 11) is -4.34. The summed E-state index contributed by atoms with van der Waals surface area (Å²) in [5.74, 6) is 0.219. The van der Waals surface area contributed by atoms with Gasteiger partial charge in [0.25, 0.3) is 0 Å². The Hall–Kier alpha value is 0.380. The molecule has 11 nitrogen and oxygen atoms in total. The Labute approximate surface area is 180 Å². The van der Waals surface area contributed by atoms with E-state index >= 15 is 0 Å². The number of nitrogen functional groups attached to an aromatic ring is 1. The summed E-state index contributed by atoms with van der Waals surface area (Å²) in [6, 6.07) is 0. The molecule has 1 aliphatic rings. The van der Waals surface area contributed by atoms with E-state index in [-0.39, 0.29) is 71.4 Å². The predicted molar refractivity (Wildman–Crippen MR) is 86.6 cm³/mol. The molecule has 1 saturated heterocycles. The normalized spacial score (nSPS) is 23.7. The zero-order chi connectivity index (χ0) is 15.9. The number of rotatable bonds is 4. The van der Waals surface area contributed by atoms with Crippen LogP contribution < -0.4 is 5.73 Å². The molecule has 0 amide bonds. The zero-order valence-corrected chi connectivity index (χ0v) is 12.1. The van der Waals surface area contributed by atoms with Crippen LogP contribution in [0.5, 0.6) is 0 Å². The number of ether oxygens (including phenoxy) is 2. The summed E-state index contributed by atoms with van der Waals surface area (Å²) in [4.78, 5) is 29.5. The topological polar surface area (TPSA) is 166 Å². The van der Waals surface area contributed by atoms with Crippen LogP contribution in [0.25, 0.3) is 11.2 Å². The first-order valence-corrected chi connectivity index (χ1v) is 8.07. The molecule has 3 atom stereocenters. The molecule has 24 heavy (non-hydrogen) atoms. The Morgan fingerprint density at radius 3 is 2.75 bits per heavy atom. The van der Waals surface area contributed by atoms with Crippen molar-refractivity contribution >= 4 is 83.7 Å². The molecule has 2 aromatic heterocycles. The second-order valence-corrected chi connectivity index (χ2v) is 6.39. The van der Waals surface area contributed by atoms with Crippen molar-refractivity contribution in [2.75, 3.05) is 12.1 Å². The average Bonchev–Trinajstić information content (AvgIpc) is 3.00. The molecule has 0 aliphatic carbocycles. The van der Waals surface area contributed by atoms with Crippen molar-refractivity contribution in [3.63, 3.8) is 0 Å². The van der Waals surface area contributed by atoms with Crippen molar-refractivity contribution in [1.29, 1.82) is 0 Å². The molecule has 2 aromatic rings. The molecule has 0 saturated carbocycles. The summed E-state index contributed by atoms with van der Waals surface area (Å²) in [5, 5.41) is 9.89. The number of anilines is 1. The Morgan fingerprint density at radius 1 is 1.38 bits per heavy atom. The van der Waals surface area contributed by atoms with Crippen LogP contribution >= 0.6 is 7.60 Å². The fraction of sp³-hybridized carbons (Fsp3) is 0.500. The molecular weight excluding hydrogens is 363 g/mol. The van der Waals surface area contributed by atoms with Gasteiger partial charge in [-0.1, -0.05) is 0 Å². The Kier molecular flexibility index (Phi) is 8.27. The average molecular weight is 379 g/mol. The first kappa shape index (κ1) is 22.4. The van der Waals surface area contributed by atoms with Gasteiger partial charge < -0.3 is 30.1 Å². The third-order valence-electron chi connectivity index (χ3n) is 3.15. The van der Waals surface area contributed by atoms with Crippen molar-refractivity contribution < 1.29 is 28.9 Å². The molecule has 1 aliphatic heterocycles. The van der Waals surface area contributed by atoms with Gasteiger partial charge in [-0.25, -0.2) is 15.0 Å². The first-order chi connectivity index (χ1) is 10.3. The van der Waals surface area contributed by atoms with Crippen molar-refractivity contribution in [2.24, 2.45) is 0 Å². The van der Waals surface area contributed by atoms with Crippen LogP contribution in [0.1, 0.15) is 12.6 Å². The van der Waals surface area contributed by atoms with Gasteiger partial charge in [-0.2, -0.15) is 0 Å². The molecule has 0 bridgehead atoms. The van der Waals surface area contributed by atoms with Gasteiger partial charge in [-0.05, 0) is 0 Å². The predicted octanol–water partition coefficient (Wildman–Crippen LogP) is -2.13. The van der Waals surface area contributed by atoms with E-state index in [1.807, 2.05) is 0 Å². The molecule has 3 heterocycles. The molecular formula is C10H16N5Na2O6P. The molecule has 0 spiro atoms. The maximum absolute atomic E-state index is 10.8. The van der Waals surface area contributed by atoms with Crippen LogP contribution in [0.2, 0.25) is 0 Å². The van der Waals surface area contributed by atoms with Gasteiger partial charge in [-0.15, -0.1) is 0 Å². The van der Waals surface area contributed by atoms with E-state index < -0.39 is 32.6 Å². The monoisotopic (exact) mass is 379 g/mol. The van der Waals surface area contributed by atoms with Gasteiger partial charge in [-0.3, -0.25) is 9.13 Å². The van der Waals surface area contributed by atoms with Gasteiger partial charge in [0.2, 0.25) is 0 Å². The number of aromatic nitrogens is 4. The van der Waals surface area contributed by atoms with Gasteiger partial charge in [0.05, 0.1) is 6.33 Å². The van der Waals surface area contributed by atoms with E-state index in [0.29, 0.717) is 11.2 Å². The Balaban J connectivity index is 0.00000144. The molecule has 1 fully saturated rings. The van der Waals surface area contributed by atoms with E-state index in [1.165, 1.54) is 12.7 Å². The van der Waals surface area contributed by atoms with Crippen LogP contribution in [-0.2, 0) is 14.0 Å². The number of imidazole rings is 1. The van der Waals surface area contributed by atoms with Crippen LogP contribution in [0.3, 0.4) is 0 Å². The van der Waals surface area contributed by atoms with Crippen molar-refractivity contribution in [3.8, 4) is 0 Å². The van der Waals surface area contributed by atoms with Crippen molar-refractivity contribution in [2.45, 2.75) is 25.0 Å². The van der Waals surface area contributed by atoms with Gasteiger partial charge >= 0.3 is 66.7 Å². The summed E-state index contributed by atoms with van der Waals surface area (Å²) in [6.45, 7) is 0. The molecule has 0 aromatic carbocycles. The van der Waals surface area contributed by atoms with Gasteiger partial charge in [0.1, 0.15) is 24.2 Å². The van der Waals surface area contributed by atoms with Crippen molar-refractivity contribution in [3.05, 3.63) is 12.7 Å². The Bertz CT molecular complexity index is 742. The van der Waals surface area contributed by atoms with Gasteiger partial charge in [0, 0.05) is 6.42 Å².